The van der Waals surface area contributed by atoms with Gasteiger partial charge in [-0.25, -0.2) is 9.97 Å². The van der Waals surface area contributed by atoms with E-state index in [0.717, 1.165) is 78.6 Å². The second-order valence-electron chi connectivity index (χ2n) is 16.3. The number of nitrogens with zero attached hydrogens (tertiary/aromatic N) is 4. The lowest BCUT2D eigenvalue weighted by atomic mass is 10.0. The number of anilines is 6. The first-order chi connectivity index (χ1) is 32.7. The molecule has 0 spiro atoms. The number of hydrogen-bond acceptors (Lipinski definition) is 6. The van der Waals surface area contributed by atoms with E-state index in [4.69, 9.17) is 18.8 Å². The summed E-state index contributed by atoms with van der Waals surface area (Å²) in [4.78, 5) is 14.1. The number of benzene rings is 10. The van der Waals surface area contributed by atoms with E-state index in [2.05, 4.69) is 198 Å². The Morgan fingerprint density at radius 1 is 0.258 bits per heavy atom. The normalized spacial score (nSPS) is 11.3. The molecule has 0 N–H and O–H groups in total. The highest BCUT2D eigenvalue weighted by atomic mass is 16.4. The van der Waals surface area contributed by atoms with Crippen molar-refractivity contribution in [2.75, 3.05) is 9.80 Å². The molecule has 0 radical (unpaired) electrons. The first kappa shape index (κ1) is 38.7. The molecule has 6 heteroatoms. The van der Waals surface area contributed by atoms with Crippen LogP contribution in [0.25, 0.3) is 78.1 Å². The minimum atomic E-state index is 0.603. The smallest absolute Gasteiger partial charge is 0.227 e. The predicted molar refractivity (Wildman–Crippen MR) is 270 cm³/mol. The van der Waals surface area contributed by atoms with Gasteiger partial charge in [-0.05, 0) is 154 Å². The van der Waals surface area contributed by atoms with Crippen LogP contribution in [0.4, 0.5) is 34.1 Å². The van der Waals surface area contributed by atoms with Crippen molar-refractivity contribution in [1.29, 1.82) is 0 Å². The van der Waals surface area contributed by atoms with E-state index in [1.54, 1.807) is 0 Å². The van der Waals surface area contributed by atoms with Crippen LogP contribution < -0.4 is 9.80 Å². The van der Waals surface area contributed by atoms with Crippen LogP contribution in [0.2, 0.25) is 0 Å². The molecule has 6 nitrogen and oxygen atoms in total. The summed E-state index contributed by atoms with van der Waals surface area (Å²) >= 11 is 0. The number of para-hydroxylation sites is 4. The van der Waals surface area contributed by atoms with Gasteiger partial charge in [0.25, 0.3) is 0 Å². The maximum absolute atomic E-state index is 6.11. The Labute approximate surface area is 381 Å². The molecule has 12 aromatic rings. The molecule has 0 amide bonds. The predicted octanol–water partition coefficient (Wildman–Crippen LogP) is 16.7. The van der Waals surface area contributed by atoms with Gasteiger partial charge in [0.1, 0.15) is 11.0 Å². The molecule has 0 saturated carbocycles. The lowest BCUT2D eigenvalue weighted by molar-refractivity contribution is 0.619. The number of aromatic nitrogens is 2. The summed E-state index contributed by atoms with van der Waals surface area (Å²) in [5.74, 6) is 1.21. The lowest BCUT2D eigenvalue weighted by Gasteiger charge is -2.26. The Bertz CT molecular complexity index is 3550. The topological polar surface area (TPSA) is 58.5 Å². The fourth-order valence-electron chi connectivity index (χ4n) is 8.75. The third kappa shape index (κ3) is 7.42. The van der Waals surface area contributed by atoms with E-state index >= 15 is 0 Å². The molecule has 66 heavy (non-hydrogen) atoms. The van der Waals surface area contributed by atoms with Crippen LogP contribution in [0.1, 0.15) is 0 Å². The van der Waals surface area contributed by atoms with Gasteiger partial charge in [-0.3, -0.25) is 0 Å². The molecular weight excluding hydrogens is 809 g/mol. The van der Waals surface area contributed by atoms with Crippen LogP contribution >= 0.6 is 0 Å². The second-order valence-corrected chi connectivity index (χ2v) is 16.3. The number of fused-ring (bicyclic) bond motifs is 3. The molecule has 0 aliphatic heterocycles. The van der Waals surface area contributed by atoms with E-state index in [9.17, 15) is 0 Å². The molecule has 0 aliphatic rings. The highest BCUT2D eigenvalue weighted by Gasteiger charge is 2.18. The summed E-state index contributed by atoms with van der Waals surface area (Å²) in [7, 11) is 0. The second kappa shape index (κ2) is 16.6. The Morgan fingerprint density at radius 2 is 0.591 bits per heavy atom. The van der Waals surface area contributed by atoms with Crippen molar-refractivity contribution in [2.24, 2.45) is 0 Å². The molecule has 0 atom stereocenters. The maximum atomic E-state index is 6.11. The van der Waals surface area contributed by atoms with Gasteiger partial charge in [0.2, 0.25) is 11.8 Å². The van der Waals surface area contributed by atoms with Crippen molar-refractivity contribution in [1.82, 2.24) is 9.97 Å². The third-order valence-electron chi connectivity index (χ3n) is 12.1. The van der Waals surface area contributed by atoms with Crippen LogP contribution in [-0.2, 0) is 0 Å². The van der Waals surface area contributed by atoms with Gasteiger partial charge in [-0.1, -0.05) is 121 Å². The van der Waals surface area contributed by atoms with Gasteiger partial charge in [0.05, 0.1) is 0 Å². The van der Waals surface area contributed by atoms with E-state index in [-0.39, 0.29) is 0 Å². The fraction of sp³-hybridized carbons (Fsp3) is 0. The summed E-state index contributed by atoms with van der Waals surface area (Å²) in [6.45, 7) is 0. The molecule has 0 unspecified atom stereocenters. The summed E-state index contributed by atoms with van der Waals surface area (Å²) in [6, 6.07) is 84.5. The largest absolute Gasteiger partial charge is 0.436 e. The molecule has 2 heterocycles. The Balaban J connectivity index is 0.864. The number of rotatable bonds is 10. The van der Waals surface area contributed by atoms with Gasteiger partial charge >= 0.3 is 0 Å². The molecule has 0 bridgehead atoms. The standard InChI is InChI=1S/C60H40N4O2/c1-2-10-41(11-3-1)43-18-29-49(30-19-43)63(51-35-25-46(26-36-51)59-61-55-14-6-8-16-57(55)65-59)50-31-20-44(21-32-50)45-22-33-52(34-23-45)64(54-39-24-42-12-4-5-13-48(42)40-54)53-37-27-47(28-38-53)60-62-56-15-7-9-17-58(56)66-60/h1-40H. The Kier molecular flexibility index (Phi) is 9.73. The first-order valence-electron chi connectivity index (χ1n) is 22.0. The SMILES string of the molecule is c1ccc(-c2ccc(N(c3ccc(-c4ccc(N(c5ccc(-c6nc7ccccc7o6)cc5)c5ccc6ccccc6c5)cc4)cc3)c3ccc(-c4nc5ccccc5o4)cc3)cc2)cc1. The van der Waals surface area contributed by atoms with Crippen molar-refractivity contribution >= 4 is 67.1 Å². The van der Waals surface area contributed by atoms with E-state index in [1.807, 2.05) is 54.6 Å². The summed E-state index contributed by atoms with van der Waals surface area (Å²) in [5.41, 5.74) is 15.9. The highest BCUT2D eigenvalue weighted by Crippen LogP contribution is 2.41. The molecule has 0 saturated heterocycles. The van der Waals surface area contributed by atoms with Gasteiger partial charge < -0.3 is 18.6 Å². The highest BCUT2D eigenvalue weighted by molar-refractivity contribution is 5.90. The zero-order valence-corrected chi connectivity index (χ0v) is 35.7. The van der Waals surface area contributed by atoms with Crippen LogP contribution in [0.3, 0.4) is 0 Å². The molecule has 0 aliphatic carbocycles. The summed E-state index contributed by atoms with van der Waals surface area (Å²) in [6.07, 6.45) is 0. The van der Waals surface area contributed by atoms with Crippen LogP contribution in [0.15, 0.2) is 251 Å². The van der Waals surface area contributed by atoms with E-state index < -0.39 is 0 Å². The Hall–Kier alpha value is -9.00. The maximum Gasteiger partial charge on any atom is 0.227 e. The number of hydrogen-bond donors (Lipinski definition) is 0. The van der Waals surface area contributed by atoms with Crippen molar-refractivity contribution in [2.45, 2.75) is 0 Å². The zero-order chi connectivity index (χ0) is 43.8. The first-order valence-corrected chi connectivity index (χ1v) is 22.0. The van der Waals surface area contributed by atoms with Gasteiger partial charge in [-0.15, -0.1) is 0 Å². The van der Waals surface area contributed by atoms with Gasteiger partial charge in [0, 0.05) is 45.3 Å². The Morgan fingerprint density at radius 3 is 1.03 bits per heavy atom. The van der Waals surface area contributed by atoms with E-state index in [0.29, 0.717) is 11.8 Å². The average Bonchev–Trinajstić information content (AvgIpc) is 4.04. The molecule has 12 rings (SSSR count). The van der Waals surface area contributed by atoms with Crippen molar-refractivity contribution < 1.29 is 8.83 Å². The average molecular weight is 849 g/mol. The minimum absolute atomic E-state index is 0.603. The summed E-state index contributed by atoms with van der Waals surface area (Å²) in [5, 5.41) is 2.38. The van der Waals surface area contributed by atoms with Crippen molar-refractivity contribution in [3.8, 4) is 45.2 Å². The monoisotopic (exact) mass is 848 g/mol. The molecule has 0 fully saturated rings. The van der Waals surface area contributed by atoms with Gasteiger partial charge in [-0.2, -0.15) is 0 Å². The van der Waals surface area contributed by atoms with Crippen molar-refractivity contribution in [3.63, 3.8) is 0 Å². The fourth-order valence-corrected chi connectivity index (χ4v) is 8.75. The van der Waals surface area contributed by atoms with Crippen molar-refractivity contribution in [3.05, 3.63) is 243 Å². The van der Waals surface area contributed by atoms with Crippen LogP contribution in [0, 0.1) is 0 Å². The molecule has 10 aromatic carbocycles. The lowest BCUT2D eigenvalue weighted by Crippen LogP contribution is -2.10. The number of oxazole rings is 2. The van der Waals surface area contributed by atoms with Gasteiger partial charge in [0.15, 0.2) is 11.2 Å². The van der Waals surface area contributed by atoms with Crippen LogP contribution in [-0.4, -0.2) is 9.97 Å². The summed E-state index contributed by atoms with van der Waals surface area (Å²) < 4.78 is 12.2. The molecular formula is C60H40N4O2. The van der Waals surface area contributed by atoms with Crippen LogP contribution in [0.5, 0.6) is 0 Å². The third-order valence-corrected chi connectivity index (χ3v) is 12.1. The minimum Gasteiger partial charge on any atom is -0.436 e. The van der Waals surface area contributed by atoms with E-state index in [1.165, 1.54) is 21.9 Å². The zero-order valence-electron chi connectivity index (χ0n) is 35.7. The quantitative estimate of drug-likeness (QED) is 0.137. The molecule has 312 valence electrons. The molecule has 2 aromatic heterocycles.